The van der Waals surface area contributed by atoms with Crippen molar-refractivity contribution in [3.8, 4) is 5.75 Å². The first-order valence-electron chi connectivity index (χ1n) is 8.44. The van der Waals surface area contributed by atoms with E-state index in [1.54, 1.807) is 66.4 Å². The lowest BCUT2D eigenvalue weighted by molar-refractivity contribution is -0.668. The maximum Gasteiger partial charge on any atom is 0.411 e. The highest BCUT2D eigenvalue weighted by molar-refractivity contribution is 5.99. The van der Waals surface area contributed by atoms with E-state index in [4.69, 9.17) is 4.74 Å². The molecule has 0 saturated heterocycles. The minimum atomic E-state index is -0.396. The standard InChI is InChI=1S/C21H19N3O3.BrH/c1-27-18-12-10-17(11-13-18)22-21(26)23-20-9-5-6-14-24(20)15-19(25)16-7-3-2-4-8-16;/h2-14H,15H2,1H3,(H,22,26);1H. The van der Waals surface area contributed by atoms with Gasteiger partial charge in [0.2, 0.25) is 5.78 Å². The summed E-state index contributed by atoms with van der Waals surface area (Å²) in [6, 6.07) is 21.0. The fourth-order valence-electron chi connectivity index (χ4n) is 2.55. The van der Waals surface area contributed by atoms with E-state index in [1.165, 1.54) is 0 Å². The largest absolute Gasteiger partial charge is 1.00 e. The Morgan fingerprint density at radius 1 is 0.893 bits per heavy atom. The molecule has 28 heavy (non-hydrogen) atoms. The number of urea groups is 1. The molecule has 0 saturated carbocycles. The Morgan fingerprint density at radius 3 is 2.25 bits per heavy atom. The molecule has 0 aliphatic heterocycles. The van der Waals surface area contributed by atoms with E-state index in [9.17, 15) is 9.59 Å². The number of halogens is 1. The molecule has 7 heteroatoms. The van der Waals surface area contributed by atoms with E-state index in [0.717, 1.165) is 0 Å². The SMILES string of the molecule is COc1ccc(NC(=O)Nc2cccc[n+]2CC(=O)c2ccccc2)cc1.[Br-]. The number of carbonyl (C=O) groups is 2. The lowest BCUT2D eigenvalue weighted by Gasteiger charge is -2.07. The molecule has 0 bridgehead atoms. The van der Waals surface area contributed by atoms with Crippen molar-refractivity contribution in [2.24, 2.45) is 0 Å². The molecule has 0 fully saturated rings. The second kappa shape index (κ2) is 10.2. The molecule has 2 amide bonds. The molecule has 0 aliphatic rings. The molecule has 0 spiro atoms. The van der Waals surface area contributed by atoms with Gasteiger partial charge in [0, 0.05) is 17.3 Å². The molecule has 0 atom stereocenters. The molecule has 3 aromatic rings. The first-order chi connectivity index (χ1) is 13.2. The number of nitrogens with zero attached hydrogens (tertiary/aromatic N) is 1. The number of anilines is 2. The highest BCUT2D eigenvalue weighted by Gasteiger charge is 2.17. The molecule has 144 valence electrons. The number of aromatic nitrogens is 1. The third-order valence-electron chi connectivity index (χ3n) is 3.94. The lowest BCUT2D eigenvalue weighted by Crippen LogP contribution is -3.00. The molecule has 3 rings (SSSR count). The van der Waals surface area contributed by atoms with Crippen LogP contribution in [-0.2, 0) is 6.54 Å². The normalized spacial score (nSPS) is 9.75. The molecule has 6 nitrogen and oxygen atoms in total. The Kier molecular flexibility index (Phi) is 7.71. The predicted molar refractivity (Wildman–Crippen MR) is 103 cm³/mol. The number of rotatable bonds is 6. The Hall–Kier alpha value is -3.19. The van der Waals surface area contributed by atoms with Gasteiger partial charge in [0.1, 0.15) is 5.75 Å². The highest BCUT2D eigenvalue weighted by Crippen LogP contribution is 2.15. The molecule has 0 unspecified atom stereocenters. The Balaban J connectivity index is 0.00000280. The molecule has 1 heterocycles. The molecule has 2 N–H and O–H groups in total. The number of hydrogen-bond donors (Lipinski definition) is 2. The van der Waals surface area contributed by atoms with Gasteiger partial charge >= 0.3 is 6.03 Å². The number of benzene rings is 2. The average Bonchev–Trinajstić information content (AvgIpc) is 2.70. The quantitative estimate of drug-likeness (QED) is 0.432. The van der Waals surface area contributed by atoms with Gasteiger partial charge in [0.05, 0.1) is 13.3 Å². The third kappa shape index (κ3) is 5.65. The Bertz CT molecular complexity index is 931. The van der Waals surface area contributed by atoms with Crippen LogP contribution in [0.25, 0.3) is 0 Å². The number of Topliss-reactive ketones (excluding diaryl/α,β-unsaturated/α-hetero) is 1. The number of nitrogens with one attached hydrogen (secondary N) is 2. The second-order valence-corrected chi connectivity index (χ2v) is 5.81. The van der Waals surface area contributed by atoms with E-state index in [2.05, 4.69) is 10.6 Å². The number of amides is 2. The van der Waals surface area contributed by atoms with Gasteiger partial charge in [0.15, 0.2) is 6.54 Å². The summed E-state index contributed by atoms with van der Waals surface area (Å²) in [5.74, 6) is 1.19. The lowest BCUT2D eigenvalue weighted by atomic mass is 10.1. The van der Waals surface area contributed by atoms with Crippen molar-refractivity contribution in [1.82, 2.24) is 0 Å². The number of ether oxygens (including phenoxy) is 1. The van der Waals surface area contributed by atoms with E-state index in [-0.39, 0.29) is 29.3 Å². The van der Waals surface area contributed by atoms with Gasteiger partial charge in [0.25, 0.3) is 5.82 Å². The van der Waals surface area contributed by atoms with E-state index in [0.29, 0.717) is 22.8 Å². The molecule has 1 aromatic heterocycles. The predicted octanol–water partition coefficient (Wildman–Crippen LogP) is 0.514. The van der Waals surface area contributed by atoms with Crippen LogP contribution in [0.1, 0.15) is 10.4 Å². The summed E-state index contributed by atoms with van der Waals surface area (Å²) in [7, 11) is 1.58. The van der Waals surface area contributed by atoms with Crippen LogP contribution < -0.4 is 36.9 Å². The van der Waals surface area contributed by atoms with Gasteiger partial charge in [-0.1, -0.05) is 36.4 Å². The second-order valence-electron chi connectivity index (χ2n) is 5.81. The fourth-order valence-corrected chi connectivity index (χ4v) is 2.55. The summed E-state index contributed by atoms with van der Waals surface area (Å²) in [5, 5.41) is 5.52. The summed E-state index contributed by atoms with van der Waals surface area (Å²) in [6.07, 6.45) is 1.75. The summed E-state index contributed by atoms with van der Waals surface area (Å²) in [4.78, 5) is 24.7. The van der Waals surface area contributed by atoms with E-state index >= 15 is 0 Å². The zero-order valence-electron chi connectivity index (χ0n) is 15.3. The smallest absolute Gasteiger partial charge is 0.411 e. The van der Waals surface area contributed by atoms with Crippen LogP contribution in [0.15, 0.2) is 79.0 Å². The van der Waals surface area contributed by atoms with Crippen molar-refractivity contribution in [1.29, 1.82) is 0 Å². The molecule has 0 aliphatic carbocycles. The van der Waals surface area contributed by atoms with Crippen molar-refractivity contribution in [2.75, 3.05) is 17.7 Å². The molecular weight excluding hydrogens is 422 g/mol. The molecule has 2 aromatic carbocycles. The number of methoxy groups -OCH3 is 1. The van der Waals surface area contributed by atoms with Gasteiger partial charge in [-0.3, -0.25) is 10.1 Å². The van der Waals surface area contributed by atoms with Crippen molar-refractivity contribution in [3.63, 3.8) is 0 Å². The summed E-state index contributed by atoms with van der Waals surface area (Å²) >= 11 is 0. The monoisotopic (exact) mass is 441 g/mol. The van der Waals surface area contributed by atoms with Crippen LogP contribution in [0, 0.1) is 0 Å². The minimum Gasteiger partial charge on any atom is -1.00 e. The van der Waals surface area contributed by atoms with Gasteiger partial charge in [-0.05, 0) is 30.3 Å². The first-order valence-corrected chi connectivity index (χ1v) is 8.44. The van der Waals surface area contributed by atoms with Gasteiger partial charge in [-0.15, -0.1) is 0 Å². The first kappa shape index (κ1) is 21.1. The fraction of sp³-hybridized carbons (Fsp3) is 0.0952. The summed E-state index contributed by atoms with van der Waals surface area (Å²) in [6.45, 7) is 0.128. The van der Waals surface area contributed by atoms with Crippen LogP contribution in [0.3, 0.4) is 0 Å². The van der Waals surface area contributed by atoms with Crippen molar-refractivity contribution in [2.45, 2.75) is 6.54 Å². The van der Waals surface area contributed by atoms with Crippen molar-refractivity contribution in [3.05, 3.63) is 84.6 Å². The molecular formula is C21H20BrN3O3. The average molecular weight is 442 g/mol. The maximum absolute atomic E-state index is 12.4. The Morgan fingerprint density at radius 2 is 1.57 bits per heavy atom. The maximum atomic E-state index is 12.4. The summed E-state index contributed by atoms with van der Waals surface area (Å²) in [5.41, 5.74) is 1.26. The van der Waals surface area contributed by atoms with E-state index < -0.39 is 6.03 Å². The van der Waals surface area contributed by atoms with Crippen LogP contribution in [0.4, 0.5) is 16.3 Å². The van der Waals surface area contributed by atoms with E-state index in [1.807, 2.05) is 24.3 Å². The Labute approximate surface area is 173 Å². The van der Waals surface area contributed by atoms with Gasteiger partial charge in [-0.25, -0.2) is 9.36 Å². The minimum absolute atomic E-state index is 0. The zero-order valence-corrected chi connectivity index (χ0v) is 16.8. The van der Waals surface area contributed by atoms with Crippen LogP contribution in [0.2, 0.25) is 0 Å². The number of carbonyl (C=O) groups excluding carboxylic acids is 2. The van der Waals surface area contributed by atoms with Crippen molar-refractivity contribution < 1.29 is 35.9 Å². The zero-order chi connectivity index (χ0) is 19.1. The topological polar surface area (TPSA) is 71.3 Å². The third-order valence-corrected chi connectivity index (χ3v) is 3.94. The molecule has 0 radical (unpaired) electrons. The highest BCUT2D eigenvalue weighted by atomic mass is 79.9. The van der Waals surface area contributed by atoms with Crippen LogP contribution in [0.5, 0.6) is 5.75 Å². The number of hydrogen-bond acceptors (Lipinski definition) is 3. The van der Waals surface area contributed by atoms with Crippen LogP contribution >= 0.6 is 0 Å². The number of pyridine rings is 1. The van der Waals surface area contributed by atoms with Gasteiger partial charge in [-0.2, -0.15) is 5.32 Å². The van der Waals surface area contributed by atoms with Crippen molar-refractivity contribution >= 4 is 23.3 Å². The number of ketones is 1. The summed E-state index contributed by atoms with van der Waals surface area (Å²) < 4.78 is 6.79. The van der Waals surface area contributed by atoms with Gasteiger partial charge < -0.3 is 21.7 Å². The van der Waals surface area contributed by atoms with Crippen LogP contribution in [-0.4, -0.2) is 18.9 Å².